The van der Waals surface area contributed by atoms with Crippen molar-refractivity contribution in [2.45, 2.75) is 51.5 Å². The zero-order chi connectivity index (χ0) is 13.4. The molecule has 0 bridgehead atoms. The van der Waals surface area contributed by atoms with Crippen molar-refractivity contribution in [3.63, 3.8) is 0 Å². The Bertz CT molecular complexity index is 323. The molecule has 0 spiro atoms. The molecular formula is C16H27NO. The van der Waals surface area contributed by atoms with Gasteiger partial charge in [0.25, 0.3) is 0 Å². The molecule has 0 aromatic heterocycles. The topological polar surface area (TPSA) is 35.2 Å². The van der Waals surface area contributed by atoms with Crippen LogP contribution in [0.1, 0.15) is 45.6 Å². The molecule has 1 aromatic carbocycles. The van der Waals surface area contributed by atoms with Crippen LogP contribution in [0.4, 0.5) is 0 Å². The average molecular weight is 249 g/mol. The highest BCUT2D eigenvalue weighted by molar-refractivity contribution is 5.27. The summed E-state index contributed by atoms with van der Waals surface area (Å²) >= 11 is 0. The Morgan fingerprint density at radius 1 is 1.17 bits per heavy atom. The van der Waals surface area contributed by atoms with E-state index in [4.69, 9.17) is 10.5 Å². The van der Waals surface area contributed by atoms with Gasteiger partial charge < -0.3 is 10.5 Å². The van der Waals surface area contributed by atoms with Crippen LogP contribution in [0.2, 0.25) is 0 Å². The highest BCUT2D eigenvalue weighted by atomic mass is 16.5. The molecule has 2 heteroatoms. The van der Waals surface area contributed by atoms with E-state index in [1.165, 1.54) is 5.56 Å². The van der Waals surface area contributed by atoms with Gasteiger partial charge >= 0.3 is 0 Å². The van der Waals surface area contributed by atoms with E-state index < -0.39 is 0 Å². The molecule has 0 amide bonds. The lowest BCUT2D eigenvalue weighted by Crippen LogP contribution is -2.44. The molecule has 0 unspecified atom stereocenters. The average Bonchev–Trinajstić information content (AvgIpc) is 2.38. The monoisotopic (exact) mass is 249 g/mol. The largest absolute Gasteiger partial charge is 0.382 e. The lowest BCUT2D eigenvalue weighted by Gasteiger charge is -2.38. The summed E-state index contributed by atoms with van der Waals surface area (Å²) in [4.78, 5) is 0. The molecule has 0 fully saturated rings. The zero-order valence-electron chi connectivity index (χ0n) is 12.0. The Labute approximate surface area is 112 Å². The van der Waals surface area contributed by atoms with E-state index in [0.717, 1.165) is 32.5 Å². The van der Waals surface area contributed by atoms with Crippen LogP contribution in [0.25, 0.3) is 0 Å². The molecule has 0 radical (unpaired) electrons. The van der Waals surface area contributed by atoms with Crippen molar-refractivity contribution in [3.05, 3.63) is 35.9 Å². The van der Waals surface area contributed by atoms with Gasteiger partial charge in [-0.2, -0.15) is 0 Å². The molecule has 18 heavy (non-hydrogen) atoms. The maximum Gasteiger partial charge on any atom is 0.0474 e. The number of hydrogen-bond acceptors (Lipinski definition) is 2. The number of rotatable bonds is 8. The highest BCUT2D eigenvalue weighted by Gasteiger charge is 2.34. The van der Waals surface area contributed by atoms with Crippen molar-refractivity contribution in [1.29, 1.82) is 0 Å². The van der Waals surface area contributed by atoms with E-state index in [1.54, 1.807) is 0 Å². The fraction of sp³-hybridized carbons (Fsp3) is 0.625. The molecule has 1 aromatic rings. The number of hydrogen-bond donors (Lipinski definition) is 1. The summed E-state index contributed by atoms with van der Waals surface area (Å²) in [6.45, 7) is 7.94. The van der Waals surface area contributed by atoms with Crippen LogP contribution < -0.4 is 5.73 Å². The fourth-order valence-electron chi connectivity index (χ4n) is 2.75. The summed E-state index contributed by atoms with van der Waals surface area (Å²) in [5.41, 5.74) is 7.71. The molecular weight excluding hydrogens is 222 g/mol. The van der Waals surface area contributed by atoms with Crippen LogP contribution in [0, 0.1) is 0 Å². The minimum Gasteiger partial charge on any atom is -0.382 e. The van der Waals surface area contributed by atoms with Crippen molar-refractivity contribution in [1.82, 2.24) is 0 Å². The van der Waals surface area contributed by atoms with Gasteiger partial charge in [-0.05, 0) is 32.3 Å². The Hall–Kier alpha value is -0.860. The van der Waals surface area contributed by atoms with Gasteiger partial charge in [-0.1, -0.05) is 43.7 Å². The predicted molar refractivity (Wildman–Crippen MR) is 77.8 cm³/mol. The highest BCUT2D eigenvalue weighted by Crippen LogP contribution is 2.35. The Morgan fingerprint density at radius 3 is 2.33 bits per heavy atom. The van der Waals surface area contributed by atoms with E-state index in [1.807, 2.05) is 6.92 Å². The summed E-state index contributed by atoms with van der Waals surface area (Å²) in [5.74, 6) is 0. The van der Waals surface area contributed by atoms with E-state index >= 15 is 0 Å². The lowest BCUT2D eigenvalue weighted by molar-refractivity contribution is 0.116. The predicted octanol–water partition coefficient (Wildman–Crippen LogP) is 3.50. The number of nitrogens with two attached hydrogens (primary N) is 1. The third kappa shape index (κ3) is 3.56. The van der Waals surface area contributed by atoms with E-state index in [2.05, 4.69) is 44.2 Å². The fourth-order valence-corrected chi connectivity index (χ4v) is 2.75. The molecule has 2 nitrogen and oxygen atoms in total. The Balaban J connectivity index is 2.97. The molecule has 0 heterocycles. The molecule has 2 N–H and O–H groups in total. The zero-order valence-corrected chi connectivity index (χ0v) is 12.0. The molecule has 0 saturated carbocycles. The molecule has 0 aliphatic carbocycles. The molecule has 1 rings (SSSR count). The van der Waals surface area contributed by atoms with Crippen LogP contribution >= 0.6 is 0 Å². The third-order valence-corrected chi connectivity index (χ3v) is 3.81. The Kier molecular flexibility index (Phi) is 6.37. The molecule has 0 aliphatic rings. The van der Waals surface area contributed by atoms with Crippen LogP contribution in [0.5, 0.6) is 0 Å². The number of ether oxygens (including phenoxy) is 1. The van der Waals surface area contributed by atoms with Gasteiger partial charge in [0.05, 0.1) is 0 Å². The van der Waals surface area contributed by atoms with Gasteiger partial charge in [0.2, 0.25) is 0 Å². The normalized spacial score (nSPS) is 16.2. The first-order valence-corrected chi connectivity index (χ1v) is 7.06. The van der Waals surface area contributed by atoms with Gasteiger partial charge in [-0.25, -0.2) is 0 Å². The Morgan fingerprint density at radius 2 is 1.83 bits per heavy atom. The number of benzene rings is 1. The van der Waals surface area contributed by atoms with E-state index in [9.17, 15) is 0 Å². The van der Waals surface area contributed by atoms with Crippen LogP contribution in [-0.2, 0) is 10.2 Å². The van der Waals surface area contributed by atoms with Crippen LogP contribution in [0.3, 0.4) is 0 Å². The first-order chi connectivity index (χ1) is 8.67. The minimum absolute atomic E-state index is 0.0468. The minimum atomic E-state index is 0.0468. The summed E-state index contributed by atoms with van der Waals surface area (Å²) in [6, 6.07) is 10.8. The molecule has 102 valence electrons. The smallest absolute Gasteiger partial charge is 0.0474 e. The third-order valence-electron chi connectivity index (χ3n) is 3.81. The first kappa shape index (κ1) is 15.2. The van der Waals surface area contributed by atoms with Gasteiger partial charge in [0.15, 0.2) is 0 Å². The van der Waals surface area contributed by atoms with Crippen LogP contribution in [0.15, 0.2) is 30.3 Å². The lowest BCUT2D eigenvalue weighted by atomic mass is 9.69. The standard InChI is InChI=1S/C16H27NO/c1-4-11-16(14(3)17,12-13-18-5-2)15-9-7-6-8-10-15/h6-10,14H,4-5,11-13,17H2,1-3H3/t14-,16+/m0/s1. The van der Waals surface area contributed by atoms with Gasteiger partial charge in [0.1, 0.15) is 0 Å². The maximum atomic E-state index is 6.32. The summed E-state index contributed by atoms with van der Waals surface area (Å²) in [7, 11) is 0. The summed E-state index contributed by atoms with van der Waals surface area (Å²) in [6.07, 6.45) is 3.25. The van der Waals surface area contributed by atoms with Crippen molar-refractivity contribution < 1.29 is 4.74 Å². The summed E-state index contributed by atoms with van der Waals surface area (Å²) < 4.78 is 5.55. The van der Waals surface area contributed by atoms with Crippen molar-refractivity contribution in [2.24, 2.45) is 5.73 Å². The molecule has 0 saturated heterocycles. The maximum absolute atomic E-state index is 6.32. The second-order valence-corrected chi connectivity index (χ2v) is 5.01. The molecule has 2 atom stereocenters. The van der Waals surface area contributed by atoms with Gasteiger partial charge in [0, 0.05) is 24.7 Å². The van der Waals surface area contributed by atoms with E-state index in [-0.39, 0.29) is 11.5 Å². The van der Waals surface area contributed by atoms with Crippen LogP contribution in [-0.4, -0.2) is 19.3 Å². The molecule has 0 aliphatic heterocycles. The van der Waals surface area contributed by atoms with Gasteiger partial charge in [-0.15, -0.1) is 0 Å². The van der Waals surface area contributed by atoms with Crippen molar-refractivity contribution in [2.75, 3.05) is 13.2 Å². The SMILES string of the molecule is CCC[C@](CCOCC)(c1ccccc1)[C@H](C)N. The second kappa shape index (κ2) is 7.55. The van der Waals surface area contributed by atoms with Gasteiger partial charge in [-0.3, -0.25) is 0 Å². The van der Waals surface area contributed by atoms with Crippen molar-refractivity contribution in [3.8, 4) is 0 Å². The van der Waals surface area contributed by atoms with Crippen molar-refractivity contribution >= 4 is 0 Å². The first-order valence-electron chi connectivity index (χ1n) is 7.06. The quantitative estimate of drug-likeness (QED) is 0.716. The van der Waals surface area contributed by atoms with E-state index in [0.29, 0.717) is 0 Å². The second-order valence-electron chi connectivity index (χ2n) is 5.01. The summed E-state index contributed by atoms with van der Waals surface area (Å²) in [5, 5.41) is 0.